The number of hydrogen-bond donors (Lipinski definition) is 1. The average molecular weight is 588 g/mol. The number of thiazole rings is 1. The molecule has 4 heterocycles. The topological polar surface area (TPSA) is 135 Å². The van der Waals surface area contributed by atoms with Crippen molar-refractivity contribution in [3.05, 3.63) is 83.9 Å². The Bertz CT molecular complexity index is 1680. The van der Waals surface area contributed by atoms with Gasteiger partial charge in [-0.15, -0.1) is 11.3 Å². The summed E-state index contributed by atoms with van der Waals surface area (Å²) in [7, 11) is 3.39. The second kappa shape index (κ2) is 12.3. The molecule has 0 unspecified atom stereocenters. The number of rotatable bonds is 10. The molecule has 5 aromatic rings. The van der Waals surface area contributed by atoms with Crippen molar-refractivity contribution in [3.8, 4) is 27.7 Å². The minimum Gasteiger partial charge on any atom is -0.497 e. The van der Waals surface area contributed by atoms with Crippen molar-refractivity contribution in [1.82, 2.24) is 29.5 Å². The summed E-state index contributed by atoms with van der Waals surface area (Å²) in [5, 5.41) is 13.5. The molecule has 0 fully saturated rings. The first kappa shape index (κ1) is 28.6. The van der Waals surface area contributed by atoms with Crippen LogP contribution in [-0.4, -0.2) is 61.0 Å². The Morgan fingerprint density at radius 2 is 1.90 bits per heavy atom. The number of pyridine rings is 1. The van der Waals surface area contributed by atoms with E-state index in [0.29, 0.717) is 40.7 Å². The summed E-state index contributed by atoms with van der Waals surface area (Å²) in [5.41, 5.74) is 3.55. The van der Waals surface area contributed by atoms with Crippen LogP contribution in [0.1, 0.15) is 29.9 Å². The molecular formula is C29H29N7O5S. The lowest BCUT2D eigenvalue weighted by Gasteiger charge is -2.25. The van der Waals surface area contributed by atoms with E-state index in [1.165, 1.54) is 23.7 Å². The number of anilines is 1. The van der Waals surface area contributed by atoms with Gasteiger partial charge >= 0.3 is 6.09 Å². The first-order valence-corrected chi connectivity index (χ1v) is 13.9. The van der Waals surface area contributed by atoms with Gasteiger partial charge in [-0.3, -0.25) is 14.5 Å². The van der Waals surface area contributed by atoms with Crippen molar-refractivity contribution in [2.45, 2.75) is 26.1 Å². The highest BCUT2D eigenvalue weighted by Gasteiger charge is 2.25. The Morgan fingerprint density at radius 3 is 2.64 bits per heavy atom. The molecule has 216 valence electrons. The largest absolute Gasteiger partial charge is 0.497 e. The molecule has 0 saturated heterocycles. The Balaban J connectivity index is 1.18. The smallest absolute Gasteiger partial charge is 0.437 e. The van der Waals surface area contributed by atoms with Gasteiger partial charge in [0.1, 0.15) is 22.1 Å². The van der Waals surface area contributed by atoms with Gasteiger partial charge in [-0.25, -0.2) is 9.78 Å². The van der Waals surface area contributed by atoms with Crippen LogP contribution < -0.4 is 10.1 Å². The van der Waals surface area contributed by atoms with Crippen LogP contribution in [0.15, 0.2) is 72.6 Å². The lowest BCUT2D eigenvalue weighted by Crippen LogP contribution is -2.34. The van der Waals surface area contributed by atoms with Crippen LogP contribution in [0, 0.1) is 0 Å². The molecule has 0 spiro atoms. The zero-order chi connectivity index (χ0) is 29.7. The standard InChI is InChI=1S/C29H29N7O5S/c1-29(2,40-14-12-19-8-10-21(39-4)11-9-19)41-28(38)36-16-20(15-31-36)27-33-24(18-42-27)26(37)32-23-17-35(3)34-25(23)22-7-5-6-13-30-22/h5-11,13,15-18H,12,14H2,1-4H3,(H,32,37). The third-order valence-electron chi connectivity index (χ3n) is 6.07. The summed E-state index contributed by atoms with van der Waals surface area (Å²) in [6.45, 7) is 3.68. The summed E-state index contributed by atoms with van der Waals surface area (Å²) in [6, 6.07) is 13.2. The molecule has 4 aromatic heterocycles. The van der Waals surface area contributed by atoms with E-state index in [9.17, 15) is 9.59 Å². The fourth-order valence-corrected chi connectivity index (χ4v) is 4.77. The minimum absolute atomic E-state index is 0.215. The highest BCUT2D eigenvalue weighted by molar-refractivity contribution is 7.13. The van der Waals surface area contributed by atoms with Gasteiger partial charge in [-0.1, -0.05) is 18.2 Å². The van der Waals surface area contributed by atoms with Crippen LogP contribution in [0.25, 0.3) is 22.0 Å². The number of aromatic nitrogens is 6. The molecule has 0 saturated carbocycles. The van der Waals surface area contributed by atoms with Crippen LogP contribution in [-0.2, 0) is 22.9 Å². The highest BCUT2D eigenvalue weighted by Crippen LogP contribution is 2.27. The van der Waals surface area contributed by atoms with Crippen LogP contribution in [0.5, 0.6) is 5.75 Å². The second-order valence-corrected chi connectivity index (χ2v) is 10.5. The maximum atomic E-state index is 13.0. The van der Waals surface area contributed by atoms with E-state index in [2.05, 4.69) is 25.5 Å². The fourth-order valence-electron chi connectivity index (χ4n) is 4.00. The van der Waals surface area contributed by atoms with Gasteiger partial charge in [0, 0.05) is 50.4 Å². The molecule has 0 atom stereocenters. The quantitative estimate of drug-likeness (QED) is 0.223. The number of aryl methyl sites for hydroxylation is 1. The number of hydrogen-bond acceptors (Lipinski definition) is 10. The van der Waals surface area contributed by atoms with Crippen molar-refractivity contribution in [2.24, 2.45) is 7.05 Å². The third kappa shape index (κ3) is 6.87. The van der Waals surface area contributed by atoms with Gasteiger partial charge in [0.05, 0.1) is 31.3 Å². The molecule has 1 amide bonds. The summed E-state index contributed by atoms with van der Waals surface area (Å²) in [4.78, 5) is 34.5. The second-order valence-electron chi connectivity index (χ2n) is 9.66. The van der Waals surface area contributed by atoms with Crippen molar-refractivity contribution < 1.29 is 23.8 Å². The van der Waals surface area contributed by atoms with Gasteiger partial charge in [0.25, 0.3) is 5.91 Å². The highest BCUT2D eigenvalue weighted by atomic mass is 32.1. The number of carbonyl (C=O) groups is 2. The van der Waals surface area contributed by atoms with Crippen LogP contribution in [0.2, 0.25) is 0 Å². The monoisotopic (exact) mass is 587 g/mol. The Kier molecular flexibility index (Phi) is 8.41. The van der Waals surface area contributed by atoms with E-state index in [4.69, 9.17) is 14.2 Å². The number of ether oxygens (including phenoxy) is 3. The molecule has 0 aliphatic rings. The zero-order valence-corrected chi connectivity index (χ0v) is 24.3. The Hall–Kier alpha value is -4.88. The first-order chi connectivity index (χ1) is 20.2. The number of methoxy groups -OCH3 is 1. The molecule has 0 aliphatic heterocycles. The van der Waals surface area contributed by atoms with Gasteiger partial charge in [-0.2, -0.15) is 14.9 Å². The van der Waals surface area contributed by atoms with Crippen LogP contribution in [0.3, 0.4) is 0 Å². The molecule has 0 aliphatic carbocycles. The molecule has 5 rings (SSSR count). The fraction of sp³-hybridized carbons (Fsp3) is 0.241. The molecule has 0 bridgehead atoms. The van der Waals surface area contributed by atoms with E-state index < -0.39 is 17.8 Å². The SMILES string of the molecule is COc1ccc(CCOC(C)(C)OC(=O)n2cc(-c3nc(C(=O)Nc4cn(C)nc4-c4ccccn4)cs3)cn2)cc1. The molecule has 13 heteroatoms. The number of nitrogens with zero attached hydrogens (tertiary/aromatic N) is 6. The molecular weight excluding hydrogens is 558 g/mol. The predicted octanol–water partition coefficient (Wildman–Crippen LogP) is 5.04. The number of carbonyl (C=O) groups excluding carboxylic acids is 2. The van der Waals surface area contributed by atoms with E-state index in [1.807, 2.05) is 42.5 Å². The Morgan fingerprint density at radius 1 is 1.10 bits per heavy atom. The van der Waals surface area contributed by atoms with Crippen molar-refractivity contribution >= 4 is 29.0 Å². The number of nitrogens with one attached hydrogen (secondary N) is 1. The van der Waals surface area contributed by atoms with Gasteiger partial charge in [0.2, 0.25) is 5.79 Å². The summed E-state index contributed by atoms with van der Waals surface area (Å²) < 4.78 is 19.2. The van der Waals surface area contributed by atoms with Gasteiger partial charge < -0.3 is 19.5 Å². The van der Waals surface area contributed by atoms with Crippen molar-refractivity contribution in [1.29, 1.82) is 0 Å². The lowest BCUT2D eigenvalue weighted by atomic mass is 10.1. The minimum atomic E-state index is -1.18. The summed E-state index contributed by atoms with van der Waals surface area (Å²) in [5.74, 6) is -0.796. The molecule has 1 N–H and O–H groups in total. The predicted molar refractivity (Wildman–Crippen MR) is 156 cm³/mol. The van der Waals surface area contributed by atoms with Gasteiger partial charge in [-0.05, 0) is 36.2 Å². The van der Waals surface area contributed by atoms with Gasteiger partial charge in [0.15, 0.2) is 0 Å². The molecule has 1 aromatic carbocycles. The molecule has 42 heavy (non-hydrogen) atoms. The summed E-state index contributed by atoms with van der Waals surface area (Å²) in [6.07, 6.45) is 6.29. The van der Waals surface area contributed by atoms with Crippen molar-refractivity contribution in [2.75, 3.05) is 19.0 Å². The normalized spacial score (nSPS) is 11.3. The lowest BCUT2D eigenvalue weighted by molar-refractivity contribution is -0.175. The van der Waals surface area contributed by atoms with Crippen molar-refractivity contribution in [3.63, 3.8) is 0 Å². The maximum absolute atomic E-state index is 13.0. The number of benzene rings is 1. The maximum Gasteiger partial charge on any atom is 0.437 e. The molecule has 0 radical (unpaired) electrons. The van der Waals surface area contributed by atoms with E-state index in [-0.39, 0.29) is 5.69 Å². The Labute approximate surface area is 245 Å². The van der Waals surface area contributed by atoms with E-state index in [1.54, 1.807) is 50.5 Å². The average Bonchev–Trinajstić information content (AvgIpc) is 3.73. The van der Waals surface area contributed by atoms with E-state index >= 15 is 0 Å². The van der Waals surface area contributed by atoms with E-state index in [0.717, 1.165) is 16.0 Å². The zero-order valence-electron chi connectivity index (χ0n) is 23.5. The molecule has 12 nitrogen and oxygen atoms in total. The summed E-state index contributed by atoms with van der Waals surface area (Å²) >= 11 is 1.25. The van der Waals surface area contributed by atoms with Crippen LogP contribution >= 0.6 is 11.3 Å². The number of amides is 1. The first-order valence-electron chi connectivity index (χ1n) is 13.0. The van der Waals surface area contributed by atoms with Crippen LogP contribution in [0.4, 0.5) is 10.5 Å². The third-order valence-corrected chi connectivity index (χ3v) is 6.96.